The van der Waals surface area contributed by atoms with Gasteiger partial charge in [-0.05, 0) is 66.4 Å². The number of hydrogen-bond donors (Lipinski definition) is 0. The van der Waals surface area contributed by atoms with Gasteiger partial charge in [-0.1, -0.05) is 36.4 Å². The standard InChI is InChI=1S/C29H30F2N4O/c1-20-10-11-22(16-21(20)2)26-18-28(23-6-5-7-24(30)17-23)35(32-26)29(36)19-33-12-14-34(15-13-33)27-9-4-3-8-25(27)31/h3-11,16-17,28H,12-15,18-19H2,1-2H3/t28-/m1/s1. The Morgan fingerprint density at radius 3 is 2.42 bits per heavy atom. The van der Waals surface area contributed by atoms with E-state index in [2.05, 4.69) is 30.9 Å². The van der Waals surface area contributed by atoms with Gasteiger partial charge in [-0.25, -0.2) is 13.8 Å². The Balaban J connectivity index is 1.33. The van der Waals surface area contributed by atoms with Gasteiger partial charge in [0.1, 0.15) is 11.6 Å². The number of halogens is 2. The molecule has 0 radical (unpaired) electrons. The summed E-state index contributed by atoms with van der Waals surface area (Å²) in [5, 5.41) is 6.28. The summed E-state index contributed by atoms with van der Waals surface area (Å²) in [6.45, 7) is 6.89. The number of carbonyl (C=O) groups excluding carboxylic acids is 1. The van der Waals surface area contributed by atoms with E-state index < -0.39 is 0 Å². The van der Waals surface area contributed by atoms with Crippen LogP contribution in [-0.4, -0.2) is 54.3 Å². The highest BCUT2D eigenvalue weighted by atomic mass is 19.1. The maximum absolute atomic E-state index is 14.2. The number of benzene rings is 3. The van der Waals surface area contributed by atoms with Crippen molar-refractivity contribution in [2.75, 3.05) is 37.6 Å². The molecule has 1 atom stereocenters. The van der Waals surface area contributed by atoms with E-state index in [4.69, 9.17) is 5.10 Å². The van der Waals surface area contributed by atoms with Crippen molar-refractivity contribution >= 4 is 17.3 Å². The van der Waals surface area contributed by atoms with Crippen molar-refractivity contribution in [3.63, 3.8) is 0 Å². The van der Waals surface area contributed by atoms with Gasteiger partial charge >= 0.3 is 0 Å². The third-order valence-corrected chi connectivity index (χ3v) is 7.16. The van der Waals surface area contributed by atoms with Crippen LogP contribution < -0.4 is 4.90 Å². The van der Waals surface area contributed by atoms with Crippen molar-refractivity contribution in [1.29, 1.82) is 0 Å². The number of hydrogen-bond acceptors (Lipinski definition) is 4. The summed E-state index contributed by atoms with van der Waals surface area (Å²) in [7, 11) is 0. The van der Waals surface area contributed by atoms with Gasteiger partial charge in [-0.15, -0.1) is 0 Å². The predicted octanol–water partition coefficient (Wildman–Crippen LogP) is 5.08. The van der Waals surface area contributed by atoms with E-state index in [-0.39, 0.29) is 30.1 Å². The fourth-order valence-corrected chi connectivity index (χ4v) is 4.93. The average Bonchev–Trinajstić information content (AvgIpc) is 3.32. The first-order valence-corrected chi connectivity index (χ1v) is 12.3. The summed E-state index contributed by atoms with van der Waals surface area (Å²) in [6.07, 6.45) is 0.527. The SMILES string of the molecule is Cc1ccc(C2=NN(C(=O)CN3CCN(c4ccccc4F)CC3)[C@@H](c3cccc(F)c3)C2)cc1C. The van der Waals surface area contributed by atoms with Gasteiger partial charge in [0, 0.05) is 32.6 Å². The van der Waals surface area contributed by atoms with Gasteiger partial charge in [-0.2, -0.15) is 5.10 Å². The largest absolute Gasteiger partial charge is 0.367 e. The van der Waals surface area contributed by atoms with Crippen molar-refractivity contribution in [2.45, 2.75) is 26.3 Å². The Morgan fingerprint density at radius 2 is 1.69 bits per heavy atom. The molecule has 186 valence electrons. The Kier molecular flexibility index (Phi) is 6.83. The van der Waals surface area contributed by atoms with Crippen molar-refractivity contribution in [3.05, 3.63) is 101 Å². The molecule has 0 N–H and O–H groups in total. The van der Waals surface area contributed by atoms with Gasteiger partial charge in [-0.3, -0.25) is 9.69 Å². The van der Waals surface area contributed by atoms with Crippen LogP contribution in [0.15, 0.2) is 71.8 Å². The lowest BCUT2D eigenvalue weighted by Crippen LogP contribution is -2.49. The van der Waals surface area contributed by atoms with E-state index in [0.717, 1.165) is 22.4 Å². The Morgan fingerprint density at radius 1 is 0.917 bits per heavy atom. The second-order valence-corrected chi connectivity index (χ2v) is 9.57. The molecule has 5 rings (SSSR count). The van der Waals surface area contributed by atoms with E-state index in [1.165, 1.54) is 28.8 Å². The molecular formula is C29H30F2N4O. The van der Waals surface area contributed by atoms with Crippen LogP contribution in [0.1, 0.15) is 34.7 Å². The highest BCUT2D eigenvalue weighted by Gasteiger charge is 2.34. The minimum Gasteiger partial charge on any atom is -0.367 e. The molecule has 1 amide bonds. The topological polar surface area (TPSA) is 39.2 Å². The number of aryl methyl sites for hydroxylation is 2. The Bertz CT molecular complexity index is 1300. The van der Waals surface area contributed by atoms with Crippen LogP contribution in [0.5, 0.6) is 0 Å². The molecule has 2 aliphatic heterocycles. The zero-order valence-electron chi connectivity index (χ0n) is 20.6. The third kappa shape index (κ3) is 5.02. The van der Waals surface area contributed by atoms with Crippen LogP contribution in [0.25, 0.3) is 0 Å². The fraction of sp³-hybridized carbons (Fsp3) is 0.310. The molecule has 3 aromatic rings. The van der Waals surface area contributed by atoms with Gasteiger partial charge in [0.2, 0.25) is 0 Å². The number of anilines is 1. The van der Waals surface area contributed by atoms with Crippen LogP contribution in [-0.2, 0) is 4.79 Å². The summed E-state index contributed by atoms with van der Waals surface area (Å²) in [5.74, 6) is -0.684. The molecule has 7 heteroatoms. The minimum atomic E-state index is -0.357. The zero-order valence-corrected chi connectivity index (χ0v) is 20.6. The third-order valence-electron chi connectivity index (χ3n) is 7.16. The molecule has 2 aliphatic rings. The van der Waals surface area contributed by atoms with E-state index in [9.17, 15) is 13.6 Å². The second-order valence-electron chi connectivity index (χ2n) is 9.57. The molecule has 1 saturated heterocycles. The van der Waals surface area contributed by atoms with E-state index in [0.29, 0.717) is 38.3 Å². The summed E-state index contributed by atoms with van der Waals surface area (Å²) in [5.41, 5.74) is 5.49. The van der Waals surface area contributed by atoms with Crippen molar-refractivity contribution < 1.29 is 13.6 Å². The summed E-state index contributed by atoms with van der Waals surface area (Å²) < 4.78 is 28.2. The number of hydrazone groups is 1. The summed E-state index contributed by atoms with van der Waals surface area (Å²) in [4.78, 5) is 17.6. The maximum atomic E-state index is 14.2. The van der Waals surface area contributed by atoms with Crippen LogP contribution >= 0.6 is 0 Å². The molecule has 0 aliphatic carbocycles. The lowest BCUT2D eigenvalue weighted by molar-refractivity contribution is -0.134. The first-order chi connectivity index (χ1) is 17.4. The molecule has 0 unspecified atom stereocenters. The van der Waals surface area contributed by atoms with Gasteiger partial charge in [0.25, 0.3) is 5.91 Å². The first kappa shape index (κ1) is 24.1. The highest BCUT2D eigenvalue weighted by Crippen LogP contribution is 2.33. The fourth-order valence-electron chi connectivity index (χ4n) is 4.93. The zero-order chi connectivity index (χ0) is 25.2. The van der Waals surface area contributed by atoms with E-state index in [1.54, 1.807) is 18.2 Å². The molecule has 0 spiro atoms. The lowest BCUT2D eigenvalue weighted by Gasteiger charge is -2.36. The van der Waals surface area contributed by atoms with Crippen molar-refractivity contribution in [3.8, 4) is 0 Å². The van der Waals surface area contributed by atoms with Crippen molar-refractivity contribution in [2.24, 2.45) is 5.10 Å². The molecule has 1 fully saturated rings. The van der Waals surface area contributed by atoms with E-state index >= 15 is 0 Å². The van der Waals surface area contributed by atoms with Crippen LogP contribution in [0, 0.1) is 25.5 Å². The second kappa shape index (κ2) is 10.2. The Hall–Kier alpha value is -3.58. The highest BCUT2D eigenvalue weighted by molar-refractivity contribution is 6.03. The number of para-hydroxylation sites is 1. The van der Waals surface area contributed by atoms with Gasteiger partial charge in [0.15, 0.2) is 0 Å². The van der Waals surface area contributed by atoms with Crippen LogP contribution in [0.2, 0.25) is 0 Å². The quantitative estimate of drug-likeness (QED) is 0.503. The minimum absolute atomic E-state index is 0.123. The molecule has 2 heterocycles. The number of piperazine rings is 1. The van der Waals surface area contributed by atoms with Crippen LogP contribution in [0.4, 0.5) is 14.5 Å². The average molecular weight is 489 g/mol. The molecule has 0 saturated carbocycles. The Labute approximate surface area is 210 Å². The number of nitrogens with zero attached hydrogens (tertiary/aromatic N) is 4. The molecule has 0 aromatic heterocycles. The molecule has 3 aromatic carbocycles. The molecular weight excluding hydrogens is 458 g/mol. The summed E-state index contributed by atoms with van der Waals surface area (Å²) >= 11 is 0. The first-order valence-electron chi connectivity index (χ1n) is 12.3. The smallest absolute Gasteiger partial charge is 0.257 e. The number of carbonyl (C=O) groups is 1. The van der Waals surface area contributed by atoms with Crippen molar-refractivity contribution in [1.82, 2.24) is 9.91 Å². The monoisotopic (exact) mass is 488 g/mol. The summed E-state index contributed by atoms with van der Waals surface area (Å²) in [6, 6.07) is 19.0. The number of amides is 1. The number of rotatable bonds is 5. The van der Waals surface area contributed by atoms with E-state index in [1.807, 2.05) is 23.1 Å². The van der Waals surface area contributed by atoms with Gasteiger partial charge < -0.3 is 4.90 Å². The predicted molar refractivity (Wildman–Crippen MR) is 138 cm³/mol. The molecule has 0 bridgehead atoms. The lowest BCUT2D eigenvalue weighted by atomic mass is 9.96. The normalized spacial score (nSPS) is 18.4. The van der Waals surface area contributed by atoms with Crippen LogP contribution in [0.3, 0.4) is 0 Å². The van der Waals surface area contributed by atoms with Gasteiger partial charge in [0.05, 0.1) is 24.0 Å². The molecule has 36 heavy (non-hydrogen) atoms. The molecule has 5 nitrogen and oxygen atoms in total. The maximum Gasteiger partial charge on any atom is 0.257 e.